The summed E-state index contributed by atoms with van der Waals surface area (Å²) in [5.74, 6) is 0.607. The predicted octanol–water partition coefficient (Wildman–Crippen LogP) is 5.21. The molecule has 40 heavy (non-hydrogen) atoms. The summed E-state index contributed by atoms with van der Waals surface area (Å²) in [5, 5.41) is 17.7. The van der Waals surface area contributed by atoms with Crippen molar-refractivity contribution < 1.29 is 14.7 Å². The van der Waals surface area contributed by atoms with E-state index in [2.05, 4.69) is 59.7 Å². The van der Waals surface area contributed by atoms with Gasteiger partial charge in [-0.1, -0.05) is 62.2 Å². The summed E-state index contributed by atoms with van der Waals surface area (Å²) in [4.78, 5) is 27.6. The van der Waals surface area contributed by atoms with E-state index in [1.165, 1.54) is 59.5 Å². The summed E-state index contributed by atoms with van der Waals surface area (Å²) in [7, 11) is 0. The first kappa shape index (κ1) is 29.2. The summed E-state index contributed by atoms with van der Waals surface area (Å²) in [6, 6.07) is 17.2. The molecule has 2 aromatic rings. The molecule has 1 spiro atoms. The lowest BCUT2D eigenvalue weighted by Crippen LogP contribution is -2.46. The Morgan fingerprint density at radius 3 is 2.73 bits per heavy atom. The molecule has 0 aromatic heterocycles. The van der Waals surface area contributed by atoms with Crippen molar-refractivity contribution in [3.63, 3.8) is 0 Å². The Kier molecular flexibility index (Phi) is 9.94. The number of ketones is 1. The third kappa shape index (κ3) is 7.52. The van der Waals surface area contributed by atoms with Crippen LogP contribution in [0, 0.1) is 0 Å². The highest BCUT2D eigenvalue weighted by Gasteiger charge is 2.42. The molecule has 0 unspecified atom stereocenters. The average molecular weight is 580 g/mol. The number of amides is 1. The number of thioether (sulfide) groups is 2. The van der Waals surface area contributed by atoms with Gasteiger partial charge in [-0.25, -0.2) is 0 Å². The number of aliphatic hydroxyl groups is 1. The van der Waals surface area contributed by atoms with Gasteiger partial charge < -0.3 is 20.6 Å². The van der Waals surface area contributed by atoms with Crippen LogP contribution >= 0.6 is 23.5 Å². The van der Waals surface area contributed by atoms with E-state index in [1.807, 2.05) is 23.1 Å². The Hall–Kier alpha value is -2.26. The van der Waals surface area contributed by atoms with E-state index in [0.717, 1.165) is 18.4 Å². The fraction of sp³-hybridized carbons (Fsp3) is 0.500. The van der Waals surface area contributed by atoms with E-state index in [1.54, 1.807) is 6.20 Å². The number of hydrogen-bond donors (Lipinski definition) is 3. The highest BCUT2D eigenvalue weighted by Crippen LogP contribution is 2.55. The van der Waals surface area contributed by atoms with Gasteiger partial charge in [0.1, 0.15) is 5.37 Å². The highest BCUT2D eigenvalue weighted by molar-refractivity contribution is 8.00. The first-order valence-corrected chi connectivity index (χ1v) is 16.4. The van der Waals surface area contributed by atoms with Crippen molar-refractivity contribution >= 4 is 35.2 Å². The molecular weight excluding hydrogens is 539 g/mol. The Labute approximate surface area is 246 Å². The molecule has 3 atom stereocenters. The zero-order valence-corrected chi connectivity index (χ0v) is 24.9. The lowest BCUT2D eigenvalue weighted by Gasteiger charge is -2.40. The van der Waals surface area contributed by atoms with E-state index in [0.29, 0.717) is 31.8 Å². The van der Waals surface area contributed by atoms with Crippen molar-refractivity contribution in [3.05, 3.63) is 77.5 Å². The minimum Gasteiger partial charge on any atom is -0.389 e. The molecule has 0 radical (unpaired) electrons. The summed E-state index contributed by atoms with van der Waals surface area (Å²) < 4.78 is 0.279. The number of benzene rings is 2. The maximum Gasteiger partial charge on any atom is 0.246 e. The van der Waals surface area contributed by atoms with Gasteiger partial charge in [0.15, 0.2) is 5.78 Å². The van der Waals surface area contributed by atoms with Crippen LogP contribution in [0.5, 0.6) is 0 Å². The van der Waals surface area contributed by atoms with E-state index in [9.17, 15) is 14.7 Å². The van der Waals surface area contributed by atoms with Crippen LogP contribution in [0.15, 0.2) is 65.7 Å². The number of carbonyl (C=O) groups is 2. The van der Waals surface area contributed by atoms with Crippen LogP contribution in [0.25, 0.3) is 0 Å². The Balaban J connectivity index is 1.27. The van der Waals surface area contributed by atoms with Crippen molar-refractivity contribution in [2.24, 2.45) is 0 Å². The van der Waals surface area contributed by atoms with Crippen LogP contribution < -0.4 is 10.6 Å². The molecule has 2 fully saturated rings. The summed E-state index contributed by atoms with van der Waals surface area (Å²) in [6.07, 6.45) is 10.0. The maximum absolute atomic E-state index is 12.9. The molecule has 0 bridgehead atoms. The van der Waals surface area contributed by atoms with Gasteiger partial charge >= 0.3 is 0 Å². The van der Waals surface area contributed by atoms with Crippen LogP contribution in [-0.4, -0.2) is 57.6 Å². The zero-order chi connectivity index (χ0) is 28.0. The van der Waals surface area contributed by atoms with E-state index < -0.39 is 11.5 Å². The fourth-order valence-electron chi connectivity index (χ4n) is 5.97. The van der Waals surface area contributed by atoms with Crippen molar-refractivity contribution in [2.75, 3.05) is 19.6 Å². The van der Waals surface area contributed by atoms with Crippen molar-refractivity contribution in [3.8, 4) is 0 Å². The molecule has 2 aliphatic heterocycles. The number of fused-ring (bicyclic) bond motifs is 1. The SMILES string of the molecule is CCc1ccc2c(c1)[C@H](NC[C@@H](O)[C@@H](NC(=O)/C=C/N1CCC(=O)C1)SCc1ccccc1)CC1(CCCC1)S2. The van der Waals surface area contributed by atoms with Crippen LogP contribution in [0.1, 0.15) is 68.2 Å². The minimum absolute atomic E-state index is 0.179. The third-order valence-corrected chi connectivity index (χ3v) is 11.1. The Morgan fingerprint density at radius 1 is 1.20 bits per heavy atom. The number of nitrogens with zero attached hydrogens (tertiary/aromatic N) is 1. The quantitative estimate of drug-likeness (QED) is 0.249. The predicted molar refractivity (Wildman–Crippen MR) is 164 cm³/mol. The van der Waals surface area contributed by atoms with Crippen LogP contribution in [0.3, 0.4) is 0 Å². The third-order valence-electron chi connectivity index (χ3n) is 8.25. The highest BCUT2D eigenvalue weighted by atomic mass is 32.2. The molecule has 1 saturated heterocycles. The molecular formula is C32H41N3O3S2. The van der Waals surface area contributed by atoms with E-state index >= 15 is 0 Å². The lowest BCUT2D eigenvalue weighted by atomic mass is 9.90. The largest absolute Gasteiger partial charge is 0.389 e. The number of hydrogen-bond acceptors (Lipinski definition) is 7. The second-order valence-electron chi connectivity index (χ2n) is 11.3. The second kappa shape index (κ2) is 13.6. The molecule has 3 aliphatic rings. The normalized spacial score (nSPS) is 21.6. The smallest absolute Gasteiger partial charge is 0.246 e. The number of likely N-dealkylation sites (tertiary alicyclic amines) is 1. The Morgan fingerprint density at radius 2 is 2.00 bits per heavy atom. The number of nitrogens with one attached hydrogen (secondary N) is 2. The van der Waals surface area contributed by atoms with E-state index in [-0.39, 0.29) is 22.5 Å². The van der Waals surface area contributed by atoms with Crippen LogP contribution in [0.4, 0.5) is 0 Å². The molecule has 1 saturated carbocycles. The van der Waals surface area contributed by atoms with Crippen LogP contribution in [-0.2, 0) is 21.8 Å². The van der Waals surface area contributed by atoms with Crippen LogP contribution in [0.2, 0.25) is 0 Å². The topological polar surface area (TPSA) is 81.7 Å². The number of Topliss-reactive ketones (excluding diaryl/α,β-unsaturated/α-hetero) is 1. The van der Waals surface area contributed by atoms with Gasteiger partial charge in [0.2, 0.25) is 5.91 Å². The van der Waals surface area contributed by atoms with Gasteiger partial charge in [0, 0.05) is 53.2 Å². The number of rotatable bonds is 11. The molecule has 5 rings (SSSR count). The van der Waals surface area contributed by atoms with Gasteiger partial charge in [-0.15, -0.1) is 23.5 Å². The van der Waals surface area contributed by atoms with E-state index in [4.69, 9.17) is 0 Å². The monoisotopic (exact) mass is 579 g/mol. The average Bonchev–Trinajstić information content (AvgIpc) is 3.61. The molecule has 214 valence electrons. The molecule has 1 amide bonds. The first-order valence-electron chi connectivity index (χ1n) is 14.6. The van der Waals surface area contributed by atoms with Crippen molar-refractivity contribution in [2.45, 2.75) is 84.8 Å². The Bertz CT molecular complexity index is 1200. The molecule has 6 nitrogen and oxygen atoms in total. The summed E-state index contributed by atoms with van der Waals surface area (Å²) >= 11 is 3.60. The lowest BCUT2D eigenvalue weighted by molar-refractivity contribution is -0.118. The molecule has 2 heterocycles. The van der Waals surface area contributed by atoms with Gasteiger partial charge in [-0.05, 0) is 48.4 Å². The van der Waals surface area contributed by atoms with Gasteiger partial charge in [0.25, 0.3) is 0 Å². The molecule has 2 aromatic carbocycles. The van der Waals surface area contributed by atoms with Gasteiger partial charge in [0.05, 0.1) is 12.6 Å². The van der Waals surface area contributed by atoms with Gasteiger partial charge in [-0.2, -0.15) is 0 Å². The fourth-order valence-corrected chi connectivity index (χ4v) is 8.72. The van der Waals surface area contributed by atoms with Gasteiger partial charge in [-0.3, -0.25) is 9.59 Å². The summed E-state index contributed by atoms with van der Waals surface area (Å²) in [6.45, 7) is 3.57. The first-order chi connectivity index (χ1) is 19.4. The summed E-state index contributed by atoms with van der Waals surface area (Å²) in [5.41, 5.74) is 3.82. The second-order valence-corrected chi connectivity index (χ2v) is 13.9. The maximum atomic E-state index is 12.9. The number of aliphatic hydroxyl groups excluding tert-OH is 1. The molecule has 1 aliphatic carbocycles. The van der Waals surface area contributed by atoms with Crippen molar-refractivity contribution in [1.29, 1.82) is 0 Å². The standard InChI is InChI=1S/C32H41N3O3S2/c1-2-23-10-11-29-26(18-23)27(19-32(40-29)14-6-7-15-32)33-20-28(37)31(39-22-24-8-4-3-5-9-24)34-30(38)13-17-35-16-12-25(36)21-35/h3-5,8-11,13,17-18,27-28,31,33,37H,2,6-7,12,14-16,19-22H2,1H3,(H,34,38)/b17-13+/t27-,28-,31+/m1/s1. The van der Waals surface area contributed by atoms with Crippen molar-refractivity contribution in [1.82, 2.24) is 15.5 Å². The molecule has 3 N–H and O–H groups in total. The number of aryl methyl sites for hydroxylation is 1. The zero-order valence-electron chi connectivity index (χ0n) is 23.3. The minimum atomic E-state index is -0.772. The number of carbonyl (C=O) groups excluding carboxylic acids is 2. The molecule has 8 heteroatoms.